The highest BCUT2D eigenvalue weighted by atomic mass is 16.3. The fourth-order valence-electron chi connectivity index (χ4n) is 3.86. The second-order valence-electron chi connectivity index (χ2n) is 7.37. The molecule has 0 unspecified atom stereocenters. The normalized spacial score (nSPS) is 11.5. The van der Waals surface area contributed by atoms with Crippen LogP contribution in [0.1, 0.15) is 30.9 Å². The van der Waals surface area contributed by atoms with Crippen molar-refractivity contribution < 1.29 is 4.42 Å². The van der Waals surface area contributed by atoms with Crippen LogP contribution in [-0.2, 0) is 0 Å². The number of hydrogen-bond acceptors (Lipinski definition) is 3. The van der Waals surface area contributed by atoms with E-state index >= 15 is 0 Å². The molecular weight excluding hydrogens is 344 g/mol. The second kappa shape index (κ2) is 6.21. The monoisotopic (exact) mass is 362 g/mol. The average Bonchev–Trinajstić information content (AvgIpc) is 3.12. The molecule has 3 aromatic carbocycles. The maximum Gasteiger partial charge on any atom is 0.153 e. The zero-order chi connectivity index (χ0) is 19.3. The van der Waals surface area contributed by atoms with Gasteiger partial charge in [-0.15, -0.1) is 0 Å². The highest BCUT2D eigenvalue weighted by molar-refractivity contribution is 6.12. The highest BCUT2D eigenvalue weighted by Crippen LogP contribution is 2.38. The molecule has 5 rings (SSSR count). The molecule has 0 aliphatic carbocycles. The molecule has 3 heteroatoms. The molecule has 0 radical (unpaired) electrons. The van der Waals surface area contributed by atoms with E-state index in [9.17, 15) is 5.26 Å². The number of rotatable bonds is 2. The largest absolute Gasteiger partial charge is 0.454 e. The molecule has 0 aliphatic rings. The number of benzene rings is 3. The minimum atomic E-state index is 0.476. The summed E-state index contributed by atoms with van der Waals surface area (Å²) in [7, 11) is 0. The van der Waals surface area contributed by atoms with Crippen molar-refractivity contribution in [1.29, 1.82) is 5.26 Å². The van der Waals surface area contributed by atoms with Crippen LogP contribution in [0.25, 0.3) is 44.0 Å². The van der Waals surface area contributed by atoms with Gasteiger partial charge in [0.15, 0.2) is 5.58 Å². The van der Waals surface area contributed by atoms with Crippen LogP contribution in [0.4, 0.5) is 0 Å². The molecule has 0 N–H and O–H groups in total. The predicted molar refractivity (Wildman–Crippen MR) is 113 cm³/mol. The first kappa shape index (κ1) is 16.5. The number of nitrogens with zero attached hydrogens (tertiary/aromatic N) is 2. The summed E-state index contributed by atoms with van der Waals surface area (Å²) in [6.07, 6.45) is 1.85. The topological polar surface area (TPSA) is 49.8 Å². The van der Waals surface area contributed by atoms with Crippen molar-refractivity contribution >= 4 is 32.7 Å². The van der Waals surface area contributed by atoms with E-state index < -0.39 is 0 Å². The molecule has 0 aliphatic heterocycles. The van der Waals surface area contributed by atoms with Crippen LogP contribution in [-0.4, -0.2) is 4.98 Å². The van der Waals surface area contributed by atoms with Gasteiger partial charge in [0.05, 0.1) is 11.3 Å². The SMILES string of the molecule is CC(C)c1ccc2c(-c3cccc4c3oc3c(C#N)cccc34)nccc2c1. The summed E-state index contributed by atoms with van der Waals surface area (Å²) in [5.41, 5.74) is 5.11. The molecule has 3 nitrogen and oxygen atoms in total. The summed E-state index contributed by atoms with van der Waals surface area (Å²) in [4.78, 5) is 4.69. The first-order valence-electron chi connectivity index (χ1n) is 9.41. The van der Waals surface area contributed by atoms with Gasteiger partial charge in [0.1, 0.15) is 11.7 Å². The molecule has 0 atom stereocenters. The van der Waals surface area contributed by atoms with Crippen molar-refractivity contribution in [3.05, 3.63) is 78.0 Å². The maximum atomic E-state index is 9.44. The zero-order valence-electron chi connectivity index (χ0n) is 15.7. The lowest BCUT2D eigenvalue weighted by Gasteiger charge is -2.10. The number of aromatic nitrogens is 1. The molecule has 0 fully saturated rings. The van der Waals surface area contributed by atoms with E-state index in [1.54, 1.807) is 6.07 Å². The van der Waals surface area contributed by atoms with E-state index in [2.05, 4.69) is 49.2 Å². The fraction of sp³-hybridized carbons (Fsp3) is 0.120. The third-order valence-electron chi connectivity index (χ3n) is 5.36. The summed E-state index contributed by atoms with van der Waals surface area (Å²) in [6.45, 7) is 4.40. The molecule has 5 aromatic rings. The van der Waals surface area contributed by atoms with Gasteiger partial charge in [-0.05, 0) is 35.1 Å². The smallest absolute Gasteiger partial charge is 0.153 e. The van der Waals surface area contributed by atoms with Gasteiger partial charge < -0.3 is 4.42 Å². The van der Waals surface area contributed by atoms with Crippen molar-refractivity contribution in [2.75, 3.05) is 0 Å². The van der Waals surface area contributed by atoms with Crippen molar-refractivity contribution in [2.24, 2.45) is 0 Å². The van der Waals surface area contributed by atoms with E-state index in [-0.39, 0.29) is 0 Å². The lowest BCUT2D eigenvalue weighted by molar-refractivity contribution is 0.668. The molecule has 2 heterocycles. The number of furan rings is 1. The van der Waals surface area contributed by atoms with Gasteiger partial charge in [-0.25, -0.2) is 0 Å². The molecule has 134 valence electrons. The van der Waals surface area contributed by atoms with Gasteiger partial charge >= 0.3 is 0 Å². The Morgan fingerprint density at radius 3 is 2.46 bits per heavy atom. The Balaban J connectivity index is 1.84. The Morgan fingerprint density at radius 1 is 0.893 bits per heavy atom. The summed E-state index contributed by atoms with van der Waals surface area (Å²) in [6, 6.07) is 22.6. The van der Waals surface area contributed by atoms with E-state index in [0.717, 1.165) is 33.0 Å². The van der Waals surface area contributed by atoms with Crippen LogP contribution in [0, 0.1) is 11.3 Å². The number of fused-ring (bicyclic) bond motifs is 4. The van der Waals surface area contributed by atoms with Crippen molar-refractivity contribution in [3.63, 3.8) is 0 Å². The Bertz CT molecular complexity index is 1400. The summed E-state index contributed by atoms with van der Waals surface area (Å²) in [5.74, 6) is 0.476. The Labute approximate surface area is 162 Å². The van der Waals surface area contributed by atoms with Gasteiger partial charge in [0, 0.05) is 27.9 Å². The highest BCUT2D eigenvalue weighted by Gasteiger charge is 2.16. The minimum absolute atomic E-state index is 0.476. The van der Waals surface area contributed by atoms with Crippen LogP contribution < -0.4 is 0 Å². The number of hydrogen-bond donors (Lipinski definition) is 0. The van der Waals surface area contributed by atoms with Gasteiger partial charge in [-0.3, -0.25) is 4.98 Å². The van der Waals surface area contributed by atoms with Crippen molar-refractivity contribution in [1.82, 2.24) is 4.98 Å². The summed E-state index contributed by atoms with van der Waals surface area (Å²) < 4.78 is 6.21. The number of para-hydroxylation sites is 2. The van der Waals surface area contributed by atoms with Gasteiger partial charge in [-0.1, -0.05) is 56.3 Å². The van der Waals surface area contributed by atoms with E-state index in [1.807, 2.05) is 36.5 Å². The minimum Gasteiger partial charge on any atom is -0.454 e. The predicted octanol–water partition coefficient (Wildman–Crippen LogP) is 6.80. The first-order chi connectivity index (χ1) is 13.7. The molecule has 0 saturated heterocycles. The quantitative estimate of drug-likeness (QED) is 0.347. The lowest BCUT2D eigenvalue weighted by Crippen LogP contribution is -1.90. The van der Waals surface area contributed by atoms with Crippen LogP contribution >= 0.6 is 0 Å². The van der Waals surface area contributed by atoms with Crippen LogP contribution in [0.2, 0.25) is 0 Å². The third kappa shape index (κ3) is 2.39. The maximum absolute atomic E-state index is 9.44. The standard InChI is InChI=1S/C25H18N2O/c1-15(2)16-9-10-19-17(13-16)11-12-27-23(19)22-8-4-7-21-20-6-3-5-18(14-26)24(20)28-25(21)22/h3-13,15H,1-2H3. The van der Waals surface area contributed by atoms with Gasteiger partial charge in [-0.2, -0.15) is 5.26 Å². The molecular formula is C25H18N2O. The van der Waals surface area contributed by atoms with Gasteiger partial charge in [0.25, 0.3) is 0 Å². The van der Waals surface area contributed by atoms with Crippen LogP contribution in [0.3, 0.4) is 0 Å². The lowest BCUT2D eigenvalue weighted by atomic mass is 9.97. The fourth-order valence-corrected chi connectivity index (χ4v) is 3.86. The van der Waals surface area contributed by atoms with Crippen molar-refractivity contribution in [2.45, 2.75) is 19.8 Å². The van der Waals surface area contributed by atoms with E-state index in [0.29, 0.717) is 17.1 Å². The molecule has 2 aromatic heterocycles. The zero-order valence-corrected chi connectivity index (χ0v) is 15.7. The number of pyridine rings is 1. The van der Waals surface area contributed by atoms with Gasteiger partial charge in [0.2, 0.25) is 0 Å². The van der Waals surface area contributed by atoms with E-state index in [4.69, 9.17) is 4.42 Å². The second-order valence-corrected chi connectivity index (χ2v) is 7.37. The van der Waals surface area contributed by atoms with Crippen molar-refractivity contribution in [3.8, 4) is 17.3 Å². The molecule has 28 heavy (non-hydrogen) atoms. The molecule has 0 amide bonds. The van der Waals surface area contributed by atoms with E-state index in [1.165, 1.54) is 10.9 Å². The molecule has 0 spiro atoms. The summed E-state index contributed by atoms with van der Waals surface area (Å²) in [5, 5.41) is 13.7. The summed E-state index contributed by atoms with van der Waals surface area (Å²) >= 11 is 0. The Hall–Kier alpha value is -3.64. The molecule has 0 saturated carbocycles. The molecule has 0 bridgehead atoms. The first-order valence-corrected chi connectivity index (χ1v) is 9.41. The Morgan fingerprint density at radius 2 is 1.68 bits per heavy atom. The van der Waals surface area contributed by atoms with Crippen LogP contribution in [0.15, 0.2) is 71.3 Å². The van der Waals surface area contributed by atoms with Crippen LogP contribution in [0.5, 0.6) is 0 Å². The Kier molecular flexibility index (Phi) is 3.67. The third-order valence-corrected chi connectivity index (χ3v) is 5.36. The average molecular weight is 362 g/mol. The number of nitriles is 1.